The quantitative estimate of drug-likeness (QED) is 0.797. The maximum atomic E-state index is 11.4. The van der Waals surface area contributed by atoms with E-state index in [2.05, 4.69) is 14.9 Å². The maximum Gasteiger partial charge on any atom is 0.231 e. The fourth-order valence-corrected chi connectivity index (χ4v) is 1.86. The fraction of sp³-hybridized carbons (Fsp3) is 0.500. The fourth-order valence-electron chi connectivity index (χ4n) is 0.928. The van der Waals surface area contributed by atoms with Gasteiger partial charge in [-0.25, -0.2) is 0 Å². The van der Waals surface area contributed by atoms with Gasteiger partial charge in [0.25, 0.3) is 0 Å². The van der Waals surface area contributed by atoms with Gasteiger partial charge in [0.2, 0.25) is 5.91 Å². The highest BCUT2D eigenvalue weighted by molar-refractivity contribution is 7.10. The van der Waals surface area contributed by atoms with Gasteiger partial charge in [-0.1, -0.05) is 4.49 Å². The molecule has 13 heavy (non-hydrogen) atoms. The normalized spacial score (nSPS) is 24.0. The van der Waals surface area contributed by atoms with Crippen LogP contribution in [-0.2, 0) is 4.79 Å². The van der Waals surface area contributed by atoms with Gasteiger partial charge in [-0.05, 0) is 6.42 Å². The summed E-state index contributed by atoms with van der Waals surface area (Å²) < 4.78 is 2.73. The van der Waals surface area contributed by atoms with Crippen LogP contribution in [0.4, 0.5) is 5.00 Å². The van der Waals surface area contributed by atoms with Gasteiger partial charge in [0.15, 0.2) is 0 Å². The van der Waals surface area contributed by atoms with Crippen molar-refractivity contribution in [3.8, 4) is 0 Å². The predicted octanol–water partition coefficient (Wildman–Crippen LogP) is 1.67. The van der Waals surface area contributed by atoms with Crippen LogP contribution in [0.5, 0.6) is 0 Å². The molecule has 1 unspecified atom stereocenters. The minimum Gasteiger partial charge on any atom is -0.315 e. The Bertz CT molecular complexity index is 327. The number of alkyl halides is 2. The van der Waals surface area contributed by atoms with E-state index in [-0.39, 0.29) is 11.8 Å². The Morgan fingerprint density at radius 3 is 2.92 bits per heavy atom. The maximum absolute atomic E-state index is 11.4. The molecule has 0 saturated heterocycles. The van der Waals surface area contributed by atoms with Gasteiger partial charge in [-0.2, -0.15) is 0 Å². The van der Waals surface area contributed by atoms with Crippen LogP contribution in [0.1, 0.15) is 6.42 Å². The highest BCUT2D eigenvalue weighted by atomic mass is 35.5. The summed E-state index contributed by atoms with van der Waals surface area (Å²) in [6, 6.07) is 0. The van der Waals surface area contributed by atoms with Crippen LogP contribution in [0.25, 0.3) is 0 Å². The Balaban J connectivity index is 1.94. The van der Waals surface area contributed by atoms with Crippen molar-refractivity contribution in [2.75, 3.05) is 5.32 Å². The molecule has 1 N–H and O–H groups in total. The van der Waals surface area contributed by atoms with Crippen molar-refractivity contribution >= 4 is 45.6 Å². The number of rotatable bonds is 2. The van der Waals surface area contributed by atoms with Crippen molar-refractivity contribution in [1.82, 2.24) is 9.59 Å². The summed E-state index contributed by atoms with van der Waals surface area (Å²) in [5.41, 5.74) is 0. The standard InChI is InChI=1S/C6H5Cl2N3OS/c7-6(8)1-3(6)5(12)10-4-2-9-11-13-4/h2-3H,1H2,(H,10,12). The Kier molecular flexibility index (Phi) is 2.17. The summed E-state index contributed by atoms with van der Waals surface area (Å²) in [4.78, 5) is 11.4. The Morgan fingerprint density at radius 1 is 1.77 bits per heavy atom. The van der Waals surface area contributed by atoms with Gasteiger partial charge in [0.05, 0.1) is 12.1 Å². The topological polar surface area (TPSA) is 54.9 Å². The SMILES string of the molecule is O=C(Nc1cnns1)C1CC1(Cl)Cl. The molecule has 1 aliphatic rings. The Labute approximate surface area is 88.4 Å². The molecule has 0 bridgehead atoms. The molecular weight excluding hydrogens is 233 g/mol. The van der Waals surface area contributed by atoms with Crippen LogP contribution < -0.4 is 5.32 Å². The first-order chi connectivity index (χ1) is 6.09. The van der Waals surface area contributed by atoms with Gasteiger partial charge in [-0.3, -0.25) is 4.79 Å². The van der Waals surface area contributed by atoms with Crippen LogP contribution in [0.2, 0.25) is 0 Å². The molecule has 1 amide bonds. The van der Waals surface area contributed by atoms with Gasteiger partial charge in [-0.15, -0.1) is 28.3 Å². The van der Waals surface area contributed by atoms with Gasteiger partial charge in [0.1, 0.15) is 9.33 Å². The number of hydrogen-bond acceptors (Lipinski definition) is 4. The lowest BCUT2D eigenvalue weighted by molar-refractivity contribution is -0.117. The lowest BCUT2D eigenvalue weighted by Gasteiger charge is -1.99. The monoisotopic (exact) mass is 237 g/mol. The summed E-state index contributed by atoms with van der Waals surface area (Å²) in [6.45, 7) is 0. The molecule has 4 nitrogen and oxygen atoms in total. The summed E-state index contributed by atoms with van der Waals surface area (Å²) in [6.07, 6.45) is 1.99. The molecular formula is C6H5Cl2N3OS. The highest BCUT2D eigenvalue weighted by Crippen LogP contribution is 2.53. The van der Waals surface area contributed by atoms with E-state index in [0.29, 0.717) is 11.4 Å². The third-order valence-electron chi connectivity index (χ3n) is 1.75. The molecule has 1 aliphatic carbocycles. The second kappa shape index (κ2) is 3.08. The average molecular weight is 238 g/mol. The van der Waals surface area contributed by atoms with E-state index in [1.54, 1.807) is 0 Å². The highest BCUT2D eigenvalue weighted by Gasteiger charge is 2.56. The lowest BCUT2D eigenvalue weighted by Crippen LogP contribution is -2.15. The Morgan fingerprint density at radius 2 is 2.46 bits per heavy atom. The molecule has 1 aromatic rings. The molecule has 0 aliphatic heterocycles. The van der Waals surface area contributed by atoms with Crippen molar-refractivity contribution in [3.63, 3.8) is 0 Å². The number of amides is 1. The number of carbonyl (C=O) groups is 1. The lowest BCUT2D eigenvalue weighted by atomic mass is 10.4. The van der Waals surface area contributed by atoms with Gasteiger partial charge in [0, 0.05) is 11.5 Å². The molecule has 1 saturated carbocycles. The molecule has 0 aromatic carbocycles. The number of nitrogens with zero attached hydrogens (tertiary/aromatic N) is 2. The van der Waals surface area contributed by atoms with Crippen LogP contribution in [-0.4, -0.2) is 19.8 Å². The van der Waals surface area contributed by atoms with Crippen LogP contribution in [0.15, 0.2) is 6.20 Å². The van der Waals surface area contributed by atoms with E-state index in [1.165, 1.54) is 6.20 Å². The largest absolute Gasteiger partial charge is 0.315 e. The van der Waals surface area contributed by atoms with E-state index < -0.39 is 4.33 Å². The second-order valence-corrected chi connectivity index (χ2v) is 5.12. The number of halogens is 2. The summed E-state index contributed by atoms with van der Waals surface area (Å²) >= 11 is 12.6. The number of anilines is 1. The molecule has 70 valence electrons. The first-order valence-corrected chi connectivity index (χ1v) is 5.08. The van der Waals surface area contributed by atoms with Crippen LogP contribution >= 0.6 is 34.7 Å². The van der Waals surface area contributed by atoms with E-state index in [9.17, 15) is 4.79 Å². The number of hydrogen-bond donors (Lipinski definition) is 1. The van der Waals surface area contributed by atoms with Crippen molar-refractivity contribution in [1.29, 1.82) is 0 Å². The predicted molar refractivity (Wildman–Crippen MR) is 51.1 cm³/mol. The number of nitrogens with one attached hydrogen (secondary N) is 1. The van der Waals surface area contributed by atoms with Crippen LogP contribution in [0, 0.1) is 5.92 Å². The van der Waals surface area contributed by atoms with Crippen molar-refractivity contribution in [3.05, 3.63) is 6.20 Å². The molecule has 2 rings (SSSR count). The first-order valence-electron chi connectivity index (χ1n) is 3.55. The number of aromatic nitrogens is 2. The summed E-state index contributed by atoms with van der Waals surface area (Å²) in [5.74, 6) is -0.478. The molecule has 7 heteroatoms. The average Bonchev–Trinajstić information content (AvgIpc) is 2.49. The van der Waals surface area contributed by atoms with E-state index in [0.717, 1.165) is 11.5 Å². The van der Waals surface area contributed by atoms with Crippen molar-refractivity contribution < 1.29 is 4.79 Å². The van der Waals surface area contributed by atoms with E-state index >= 15 is 0 Å². The van der Waals surface area contributed by atoms with Crippen molar-refractivity contribution in [2.24, 2.45) is 5.92 Å². The second-order valence-electron chi connectivity index (χ2n) is 2.79. The molecule has 1 atom stereocenters. The third-order valence-corrected chi connectivity index (χ3v) is 3.17. The molecule has 0 spiro atoms. The number of carbonyl (C=O) groups excluding carboxylic acids is 1. The summed E-state index contributed by atoms with van der Waals surface area (Å²) in [7, 11) is 0. The third kappa shape index (κ3) is 1.92. The minimum absolute atomic E-state index is 0.170. The zero-order valence-corrected chi connectivity index (χ0v) is 8.66. The van der Waals surface area contributed by atoms with Crippen LogP contribution in [0.3, 0.4) is 0 Å². The zero-order chi connectivity index (χ0) is 9.47. The van der Waals surface area contributed by atoms with Gasteiger partial charge < -0.3 is 5.32 Å². The van der Waals surface area contributed by atoms with Crippen molar-refractivity contribution in [2.45, 2.75) is 10.8 Å². The molecule has 0 radical (unpaired) electrons. The zero-order valence-electron chi connectivity index (χ0n) is 6.33. The molecule has 1 aromatic heterocycles. The smallest absolute Gasteiger partial charge is 0.231 e. The first kappa shape index (κ1) is 9.18. The molecule has 1 heterocycles. The van der Waals surface area contributed by atoms with Gasteiger partial charge >= 0.3 is 0 Å². The molecule has 1 fully saturated rings. The van der Waals surface area contributed by atoms with E-state index in [4.69, 9.17) is 23.2 Å². The van der Waals surface area contributed by atoms with E-state index in [1.807, 2.05) is 0 Å². The minimum atomic E-state index is -0.873. The Hall–Kier alpha value is -0.390. The summed E-state index contributed by atoms with van der Waals surface area (Å²) in [5, 5.41) is 6.82.